The third-order valence-corrected chi connectivity index (χ3v) is 7.86. The minimum Gasteiger partial charge on any atom is -0.497 e. The molecule has 12 heteroatoms. The topological polar surface area (TPSA) is 155 Å². The molecule has 44 heavy (non-hydrogen) atoms. The highest BCUT2D eigenvalue weighted by molar-refractivity contribution is 5.94. The van der Waals surface area contributed by atoms with Crippen molar-refractivity contribution < 1.29 is 28.4 Å². The number of amides is 4. The molecule has 0 saturated carbocycles. The zero-order valence-electron chi connectivity index (χ0n) is 27.2. The Bertz CT molecular complexity index is 1270. The maximum atomic E-state index is 13.7. The lowest BCUT2D eigenvalue weighted by Gasteiger charge is -2.31. The van der Waals surface area contributed by atoms with Gasteiger partial charge in [-0.15, -0.1) is 0 Å². The van der Waals surface area contributed by atoms with Crippen molar-refractivity contribution in [2.24, 2.45) is 11.8 Å². The van der Waals surface area contributed by atoms with Gasteiger partial charge in [-0.05, 0) is 56.7 Å². The van der Waals surface area contributed by atoms with Gasteiger partial charge in [0.1, 0.15) is 29.6 Å². The maximum Gasteiger partial charge on any atom is 0.243 e. The molecule has 0 unspecified atom stereocenters. The molecule has 4 N–H and O–H groups in total. The number of benzene rings is 1. The van der Waals surface area contributed by atoms with E-state index in [0.717, 1.165) is 16.8 Å². The van der Waals surface area contributed by atoms with Gasteiger partial charge in [-0.3, -0.25) is 24.1 Å². The molecule has 2 heterocycles. The average molecular weight is 613 g/mol. The number of aromatic nitrogens is 1. The Hall–Kier alpha value is -3.93. The third kappa shape index (κ3) is 9.80. The van der Waals surface area contributed by atoms with E-state index in [4.69, 9.17) is 9.26 Å². The lowest BCUT2D eigenvalue weighted by atomic mass is 10.0. The summed E-state index contributed by atoms with van der Waals surface area (Å²) in [4.78, 5) is 56.0. The van der Waals surface area contributed by atoms with Crippen LogP contribution in [-0.2, 0) is 32.1 Å². The Labute approximate surface area is 260 Å². The van der Waals surface area contributed by atoms with Crippen molar-refractivity contribution in [3.8, 4) is 5.75 Å². The summed E-state index contributed by atoms with van der Waals surface area (Å²) >= 11 is 0. The van der Waals surface area contributed by atoms with Gasteiger partial charge in [0.25, 0.3) is 0 Å². The van der Waals surface area contributed by atoms with E-state index in [1.165, 1.54) is 0 Å². The van der Waals surface area contributed by atoms with Gasteiger partial charge in [0.2, 0.25) is 23.6 Å². The van der Waals surface area contributed by atoms with Crippen LogP contribution in [0.4, 0.5) is 0 Å². The summed E-state index contributed by atoms with van der Waals surface area (Å²) in [6, 6.07) is 4.14. The predicted octanol–water partition coefficient (Wildman–Crippen LogP) is 2.02. The number of carbonyl (C=O) groups excluding carboxylic acids is 4. The van der Waals surface area contributed by atoms with Crippen molar-refractivity contribution in [3.63, 3.8) is 0 Å². The summed E-state index contributed by atoms with van der Waals surface area (Å²) in [5.74, 6) is -0.239. The van der Waals surface area contributed by atoms with Gasteiger partial charge in [-0.1, -0.05) is 45.0 Å². The second kappa shape index (κ2) is 15.7. The molecule has 2 aromatic rings. The fraction of sp³-hybridized carbons (Fsp3) is 0.594. The largest absolute Gasteiger partial charge is 0.497 e. The van der Waals surface area contributed by atoms with Crippen molar-refractivity contribution in [1.82, 2.24) is 31.3 Å². The first-order valence-electron chi connectivity index (χ1n) is 15.2. The fourth-order valence-corrected chi connectivity index (χ4v) is 5.15. The van der Waals surface area contributed by atoms with Crippen LogP contribution in [0.1, 0.15) is 63.6 Å². The molecule has 1 aromatic heterocycles. The second-order valence-electron chi connectivity index (χ2n) is 12.4. The summed E-state index contributed by atoms with van der Waals surface area (Å²) in [7, 11) is 1.57. The van der Waals surface area contributed by atoms with Crippen LogP contribution < -0.4 is 26.0 Å². The molecule has 1 aliphatic rings. The van der Waals surface area contributed by atoms with Gasteiger partial charge in [0.05, 0.1) is 19.3 Å². The van der Waals surface area contributed by atoms with Crippen molar-refractivity contribution >= 4 is 23.6 Å². The van der Waals surface area contributed by atoms with Crippen LogP contribution >= 0.6 is 0 Å². The van der Waals surface area contributed by atoms with Crippen LogP contribution in [0.3, 0.4) is 0 Å². The molecule has 0 bridgehead atoms. The second-order valence-corrected chi connectivity index (χ2v) is 12.4. The Morgan fingerprint density at radius 1 is 0.932 bits per heavy atom. The van der Waals surface area contributed by atoms with E-state index in [0.29, 0.717) is 31.0 Å². The Balaban J connectivity index is 1.96. The van der Waals surface area contributed by atoms with E-state index in [1.807, 2.05) is 58.6 Å². The first kappa shape index (κ1) is 34.6. The third-order valence-electron chi connectivity index (χ3n) is 7.86. The van der Waals surface area contributed by atoms with Crippen LogP contribution in [0.2, 0.25) is 0 Å². The molecule has 4 atom stereocenters. The first-order chi connectivity index (χ1) is 20.8. The molecule has 12 nitrogen and oxygen atoms in total. The molecule has 0 spiro atoms. The Morgan fingerprint density at radius 2 is 1.59 bits per heavy atom. The molecule has 1 saturated heterocycles. The van der Waals surface area contributed by atoms with Gasteiger partial charge in [0, 0.05) is 31.1 Å². The first-order valence-corrected chi connectivity index (χ1v) is 15.2. The Kier molecular flexibility index (Phi) is 12.3. The molecule has 0 radical (unpaired) electrons. The van der Waals surface area contributed by atoms with Crippen LogP contribution in [0.5, 0.6) is 5.75 Å². The van der Waals surface area contributed by atoms with E-state index in [9.17, 15) is 19.2 Å². The van der Waals surface area contributed by atoms with E-state index >= 15 is 0 Å². The number of methoxy groups -OCH3 is 1. The van der Waals surface area contributed by atoms with E-state index in [1.54, 1.807) is 26.2 Å². The van der Waals surface area contributed by atoms with E-state index in [2.05, 4.69) is 26.4 Å². The monoisotopic (exact) mass is 612 g/mol. The highest BCUT2D eigenvalue weighted by atomic mass is 16.5. The molecule has 4 amide bonds. The molecular formula is C32H48N6O6. The Morgan fingerprint density at radius 3 is 2.16 bits per heavy atom. The van der Waals surface area contributed by atoms with Crippen LogP contribution in [0.15, 0.2) is 28.8 Å². The smallest absolute Gasteiger partial charge is 0.243 e. The van der Waals surface area contributed by atoms with E-state index < -0.39 is 29.9 Å². The van der Waals surface area contributed by atoms with Crippen LogP contribution in [0, 0.1) is 25.7 Å². The van der Waals surface area contributed by atoms with Gasteiger partial charge in [0.15, 0.2) is 0 Å². The van der Waals surface area contributed by atoms with Gasteiger partial charge >= 0.3 is 0 Å². The number of ether oxygens (including phenoxy) is 1. The van der Waals surface area contributed by atoms with Crippen LogP contribution in [0.25, 0.3) is 0 Å². The van der Waals surface area contributed by atoms with Crippen molar-refractivity contribution in [1.29, 1.82) is 0 Å². The number of carbonyl (C=O) groups is 4. The van der Waals surface area contributed by atoms with E-state index in [-0.39, 0.29) is 42.7 Å². The maximum absolute atomic E-state index is 13.7. The molecule has 3 rings (SSSR count). The molecule has 1 fully saturated rings. The molecule has 0 aliphatic carbocycles. The summed E-state index contributed by atoms with van der Waals surface area (Å²) in [6.45, 7) is 13.9. The fourth-order valence-electron chi connectivity index (χ4n) is 5.15. The summed E-state index contributed by atoms with van der Waals surface area (Å²) in [6.07, 6.45) is 0.557. The average Bonchev–Trinajstić information content (AvgIpc) is 3.27. The number of aryl methyl sites for hydroxylation is 2. The normalized spacial score (nSPS) is 23.0. The predicted molar refractivity (Wildman–Crippen MR) is 166 cm³/mol. The molecular weight excluding hydrogens is 564 g/mol. The zero-order valence-corrected chi connectivity index (χ0v) is 27.2. The number of hydrogen-bond acceptors (Lipinski definition) is 8. The summed E-state index contributed by atoms with van der Waals surface area (Å²) in [5, 5.41) is 15.7. The minimum atomic E-state index is -0.986. The minimum absolute atomic E-state index is 0.0208. The highest BCUT2D eigenvalue weighted by Gasteiger charge is 2.32. The quantitative estimate of drug-likeness (QED) is 0.353. The zero-order chi connectivity index (χ0) is 32.6. The standard InChI is InChI=1S/C32H48N6O6/c1-18(2)13-26-32(42)35-27(14-23-9-11-24(43-8)12-10-23)31(41)33-21(6)30(40)36-28(19(3)4)16-38(17-29(39)34-26)15-25-20(5)37-44-22(25)7/h9-12,18-19,21,26-28H,13-17H2,1-8H3,(H,33,41)(H,34,39)(H,35,42)(H,36,40)/t21-,26+,27+,28-/m1/s1. The molecule has 1 aromatic carbocycles. The van der Waals surface area contributed by atoms with Crippen molar-refractivity contribution in [3.05, 3.63) is 46.8 Å². The van der Waals surface area contributed by atoms with Crippen molar-refractivity contribution in [2.75, 3.05) is 20.2 Å². The van der Waals surface area contributed by atoms with Crippen molar-refractivity contribution in [2.45, 2.75) is 92.0 Å². The van der Waals surface area contributed by atoms with Crippen LogP contribution in [-0.4, -0.2) is 78.1 Å². The molecule has 1 aliphatic heterocycles. The van der Waals surface area contributed by atoms with Gasteiger partial charge in [-0.25, -0.2) is 0 Å². The highest BCUT2D eigenvalue weighted by Crippen LogP contribution is 2.17. The number of nitrogens with one attached hydrogen (secondary N) is 4. The van der Waals surface area contributed by atoms with Gasteiger partial charge in [-0.2, -0.15) is 0 Å². The lowest BCUT2D eigenvalue weighted by Crippen LogP contribution is -2.57. The lowest BCUT2D eigenvalue weighted by molar-refractivity contribution is -0.133. The summed E-state index contributed by atoms with van der Waals surface area (Å²) in [5.41, 5.74) is 2.38. The summed E-state index contributed by atoms with van der Waals surface area (Å²) < 4.78 is 10.6. The molecule has 242 valence electrons. The number of nitrogens with zero attached hydrogens (tertiary/aromatic N) is 2. The SMILES string of the molecule is COc1ccc(C[C@@H]2NC(=O)[C@H](CC(C)C)NC(=O)CN(Cc3c(C)noc3C)C[C@H](C(C)C)NC(=O)[C@@H](C)NC2=O)cc1. The van der Waals surface area contributed by atoms with Gasteiger partial charge < -0.3 is 30.5 Å². The number of hydrogen-bond donors (Lipinski definition) is 4. The number of rotatable bonds is 8.